The van der Waals surface area contributed by atoms with Crippen LogP contribution in [0.4, 0.5) is 0 Å². The first-order valence-corrected chi connectivity index (χ1v) is 8.97. The fraction of sp³-hybridized carbons (Fsp3) is 0.571. The molecule has 20 heavy (non-hydrogen) atoms. The van der Waals surface area contributed by atoms with E-state index in [9.17, 15) is 0 Å². The summed E-state index contributed by atoms with van der Waals surface area (Å²) in [5.74, 6) is 1.03. The van der Waals surface area contributed by atoms with Gasteiger partial charge in [0.2, 0.25) is 0 Å². The number of nitrogens with zero attached hydrogens (tertiary/aromatic N) is 2. The summed E-state index contributed by atoms with van der Waals surface area (Å²) < 4.78 is 5.88. The molecule has 0 amide bonds. The third-order valence-electron chi connectivity index (χ3n) is 3.31. The van der Waals surface area contributed by atoms with Crippen LogP contribution in [0, 0.1) is 0 Å². The molecule has 1 aliphatic heterocycles. The quantitative estimate of drug-likeness (QED) is 0.369. The Morgan fingerprint density at radius 3 is 2.95 bits per heavy atom. The third-order valence-corrected chi connectivity index (χ3v) is 5.76. The number of aromatic nitrogens is 2. The van der Waals surface area contributed by atoms with E-state index in [1.54, 1.807) is 23.1 Å². The Labute approximate surface area is 132 Å². The van der Waals surface area contributed by atoms with Gasteiger partial charge >= 0.3 is 0 Å². The lowest BCUT2D eigenvalue weighted by Crippen LogP contribution is -2.31. The van der Waals surface area contributed by atoms with E-state index >= 15 is 0 Å². The Hall–Kier alpha value is -0.430. The number of fused-ring (bicyclic) bond motifs is 3. The number of rotatable bonds is 3. The van der Waals surface area contributed by atoms with Crippen molar-refractivity contribution in [3.05, 3.63) is 10.4 Å². The highest BCUT2D eigenvalue weighted by Crippen LogP contribution is 2.39. The second-order valence-corrected chi connectivity index (χ2v) is 8.10. The monoisotopic (exact) mass is 325 g/mol. The molecule has 0 aromatic carbocycles. The second-order valence-electron chi connectivity index (χ2n) is 5.57. The van der Waals surface area contributed by atoms with Crippen LogP contribution in [-0.2, 0) is 30.4 Å². The Morgan fingerprint density at radius 1 is 1.40 bits per heavy atom. The molecule has 1 aliphatic rings. The number of hydrogen-bond donors (Lipinski definition) is 0. The number of hydrogen-bond acceptors (Lipinski definition) is 6. The maximum Gasteiger partial charge on any atom is 0.187 e. The first-order chi connectivity index (χ1) is 9.50. The van der Waals surface area contributed by atoms with Crippen LogP contribution < -0.4 is 0 Å². The van der Waals surface area contributed by atoms with Gasteiger partial charge < -0.3 is 17.4 Å². The van der Waals surface area contributed by atoms with Gasteiger partial charge in [0.25, 0.3) is 0 Å². The van der Waals surface area contributed by atoms with Gasteiger partial charge in [-0.3, -0.25) is 4.98 Å². The average molecular weight is 326 g/mol. The highest BCUT2D eigenvalue weighted by atomic mass is 32.2. The molecule has 0 atom stereocenters. The Balaban J connectivity index is 2.07. The largest absolute Gasteiger partial charge is 0.759 e. The molecule has 2 aromatic heterocycles. The Kier molecular flexibility index (Phi) is 3.92. The summed E-state index contributed by atoms with van der Waals surface area (Å²) in [5, 5.41) is 2.59. The lowest BCUT2D eigenvalue weighted by Gasteiger charge is -2.30. The summed E-state index contributed by atoms with van der Waals surface area (Å²) >= 11 is 8.89. The van der Waals surface area contributed by atoms with Crippen molar-refractivity contribution in [2.45, 2.75) is 56.0 Å². The van der Waals surface area contributed by atoms with Crippen molar-refractivity contribution in [1.29, 1.82) is 0 Å². The van der Waals surface area contributed by atoms with E-state index in [0.717, 1.165) is 34.0 Å². The summed E-state index contributed by atoms with van der Waals surface area (Å²) in [4.78, 5) is 11.5. The smallest absolute Gasteiger partial charge is 0.187 e. The van der Waals surface area contributed by atoms with E-state index in [0.29, 0.717) is 11.6 Å². The SMILES string of the molecule is CCCSc1nc([S-])c2c3c(sc2n1)COC(C)(C)C3. The highest BCUT2D eigenvalue weighted by molar-refractivity contribution is 7.99. The topological polar surface area (TPSA) is 35.0 Å². The molecular weight excluding hydrogens is 308 g/mol. The molecule has 0 unspecified atom stereocenters. The van der Waals surface area contributed by atoms with E-state index in [1.807, 2.05) is 0 Å². The lowest BCUT2D eigenvalue weighted by molar-refractivity contribution is -0.0379. The van der Waals surface area contributed by atoms with Crippen molar-refractivity contribution in [2.24, 2.45) is 0 Å². The molecule has 0 saturated carbocycles. The van der Waals surface area contributed by atoms with Crippen molar-refractivity contribution in [3.63, 3.8) is 0 Å². The van der Waals surface area contributed by atoms with Crippen molar-refractivity contribution >= 4 is 45.9 Å². The van der Waals surface area contributed by atoms with Gasteiger partial charge in [0.15, 0.2) is 5.16 Å². The van der Waals surface area contributed by atoms with Gasteiger partial charge in [-0.15, -0.1) is 11.3 Å². The minimum absolute atomic E-state index is 0.127. The van der Waals surface area contributed by atoms with Gasteiger partial charge in [-0.2, -0.15) is 0 Å². The van der Waals surface area contributed by atoms with Crippen LogP contribution in [0.1, 0.15) is 37.6 Å². The van der Waals surface area contributed by atoms with Gasteiger partial charge in [0, 0.05) is 22.4 Å². The standard InChI is InChI=1S/C14H18N2OS3/c1-4-5-19-13-15-11(18)10-8-6-14(2,3)17-7-9(8)20-12(10)16-13/h4-7H2,1-3H3,(H,15,16,18)/p-1. The Morgan fingerprint density at radius 2 is 2.20 bits per heavy atom. The fourth-order valence-electron chi connectivity index (χ4n) is 2.35. The van der Waals surface area contributed by atoms with Gasteiger partial charge in [0.05, 0.1) is 12.2 Å². The third kappa shape index (κ3) is 2.66. The molecule has 2 aromatic rings. The van der Waals surface area contributed by atoms with Gasteiger partial charge in [0.1, 0.15) is 4.83 Å². The molecular formula is C14H17N2OS3-. The maximum atomic E-state index is 5.88. The normalized spacial score (nSPS) is 17.4. The minimum atomic E-state index is -0.127. The molecule has 108 valence electrons. The van der Waals surface area contributed by atoms with E-state index in [1.165, 1.54) is 10.4 Å². The molecule has 0 saturated heterocycles. The van der Waals surface area contributed by atoms with E-state index < -0.39 is 0 Å². The van der Waals surface area contributed by atoms with Crippen molar-refractivity contribution in [2.75, 3.05) is 5.75 Å². The maximum absolute atomic E-state index is 5.88. The average Bonchev–Trinajstić information content (AvgIpc) is 2.73. The number of thiophene rings is 1. The molecule has 0 fully saturated rings. The van der Waals surface area contributed by atoms with E-state index in [-0.39, 0.29) is 5.60 Å². The highest BCUT2D eigenvalue weighted by Gasteiger charge is 2.29. The molecule has 0 radical (unpaired) electrons. The molecule has 0 aliphatic carbocycles. The zero-order valence-electron chi connectivity index (χ0n) is 11.9. The summed E-state index contributed by atoms with van der Waals surface area (Å²) in [6, 6.07) is 0. The predicted octanol–water partition coefficient (Wildman–Crippen LogP) is 3.95. The van der Waals surface area contributed by atoms with E-state index in [4.69, 9.17) is 17.4 Å². The molecule has 6 heteroatoms. The van der Waals surface area contributed by atoms with Crippen LogP contribution in [0.3, 0.4) is 0 Å². The summed E-state index contributed by atoms with van der Waals surface area (Å²) in [5.41, 5.74) is 1.18. The van der Waals surface area contributed by atoms with Crippen LogP contribution in [-0.4, -0.2) is 21.3 Å². The Bertz CT molecular complexity index is 651. The molecule has 3 rings (SSSR count). The van der Waals surface area contributed by atoms with Gasteiger partial charge in [-0.05, 0) is 25.8 Å². The zero-order chi connectivity index (χ0) is 14.3. The summed E-state index contributed by atoms with van der Waals surface area (Å²) in [6.07, 6.45) is 2.00. The molecule has 0 spiro atoms. The van der Waals surface area contributed by atoms with Crippen molar-refractivity contribution in [3.8, 4) is 0 Å². The predicted molar refractivity (Wildman–Crippen MR) is 86.6 cm³/mol. The number of thioether (sulfide) groups is 1. The van der Waals surface area contributed by atoms with Crippen LogP contribution in [0.15, 0.2) is 10.2 Å². The molecule has 0 N–H and O–H groups in total. The molecule has 3 heterocycles. The first-order valence-electron chi connectivity index (χ1n) is 6.76. The molecule has 3 nitrogen and oxygen atoms in total. The van der Waals surface area contributed by atoms with Crippen LogP contribution in [0.2, 0.25) is 0 Å². The second kappa shape index (κ2) is 5.40. The van der Waals surface area contributed by atoms with Gasteiger partial charge in [-0.25, -0.2) is 4.98 Å². The first kappa shape index (κ1) is 14.5. The summed E-state index contributed by atoms with van der Waals surface area (Å²) in [7, 11) is 0. The molecule has 0 bridgehead atoms. The van der Waals surface area contributed by atoms with Crippen molar-refractivity contribution < 1.29 is 4.74 Å². The van der Waals surface area contributed by atoms with Crippen LogP contribution >= 0.6 is 23.1 Å². The summed E-state index contributed by atoms with van der Waals surface area (Å²) in [6.45, 7) is 7.06. The van der Waals surface area contributed by atoms with Crippen molar-refractivity contribution in [1.82, 2.24) is 9.97 Å². The minimum Gasteiger partial charge on any atom is -0.759 e. The van der Waals surface area contributed by atoms with Crippen LogP contribution in [0.25, 0.3) is 10.2 Å². The van der Waals surface area contributed by atoms with Crippen LogP contribution in [0.5, 0.6) is 0 Å². The number of ether oxygens (including phenoxy) is 1. The lowest BCUT2D eigenvalue weighted by atomic mass is 9.95. The van der Waals surface area contributed by atoms with Gasteiger partial charge in [-0.1, -0.05) is 23.7 Å². The van der Waals surface area contributed by atoms with E-state index in [2.05, 4.69) is 30.7 Å². The zero-order valence-corrected chi connectivity index (χ0v) is 14.3. The fourth-order valence-corrected chi connectivity index (χ4v) is 4.64.